The minimum Gasteiger partial charge on any atom is -0.657 e. The van der Waals surface area contributed by atoms with Crippen molar-refractivity contribution in [3.63, 3.8) is 0 Å². The van der Waals surface area contributed by atoms with Gasteiger partial charge in [0.15, 0.2) is 5.78 Å². The van der Waals surface area contributed by atoms with E-state index in [4.69, 9.17) is 15.0 Å². The maximum absolute atomic E-state index is 12.9. The molecule has 196 valence electrons. The summed E-state index contributed by atoms with van der Waals surface area (Å²) in [4.78, 5) is 31.5. The van der Waals surface area contributed by atoms with Crippen molar-refractivity contribution in [3.05, 3.63) is 93.1 Å². The van der Waals surface area contributed by atoms with E-state index in [1.807, 2.05) is 18.2 Å². The van der Waals surface area contributed by atoms with Crippen molar-refractivity contribution in [3.8, 4) is 11.1 Å². The second-order valence-corrected chi connectivity index (χ2v) is 11.6. The maximum atomic E-state index is 12.9. The zero-order valence-electron chi connectivity index (χ0n) is 24.4. The standard InChI is InChI=1S/C34H34N4O.Zn/c1-18-12-19(2)32(21(4)20(18)3)33-28-11-10-24(36-28)13-23-8-9-25(35-23)15-31-34(6,7)17-26(37-31)14-29-27(22(5)39)16-30(33)38-29;/h8-16H,17H2,1-7H3,(H2,35,36,37,38,39);/q;+2/p-1. The van der Waals surface area contributed by atoms with Crippen LogP contribution in [0.15, 0.2) is 42.5 Å². The first-order valence-corrected chi connectivity index (χ1v) is 13.5. The molecule has 0 amide bonds. The molecular weight excluding hydrogens is 546 g/mol. The van der Waals surface area contributed by atoms with Crippen molar-refractivity contribution >= 4 is 40.0 Å². The average Bonchev–Trinajstić information content (AvgIpc) is 3.64. The largest absolute Gasteiger partial charge is 2.00 e. The fourth-order valence-corrected chi connectivity index (χ4v) is 5.87. The van der Waals surface area contributed by atoms with Crippen molar-refractivity contribution in [2.24, 2.45) is 0 Å². The van der Waals surface area contributed by atoms with E-state index in [0.717, 1.165) is 62.4 Å². The van der Waals surface area contributed by atoms with Crippen LogP contribution in [0.4, 0.5) is 0 Å². The van der Waals surface area contributed by atoms with Crippen LogP contribution >= 0.6 is 0 Å². The Balaban J connectivity index is 0.00000323. The fourth-order valence-electron chi connectivity index (χ4n) is 5.87. The molecule has 0 fully saturated rings. The average molecular weight is 579 g/mol. The summed E-state index contributed by atoms with van der Waals surface area (Å²) in [5.74, 6) is -0.0116. The molecule has 1 N–H and O–H groups in total. The number of H-pyrrole nitrogens is 1. The molecule has 0 radical (unpaired) electrons. The number of hydrogen-bond acceptors (Lipinski definition) is 3. The third kappa shape index (κ3) is 4.79. The summed E-state index contributed by atoms with van der Waals surface area (Å²) in [6, 6.07) is 14.5. The molecule has 5 nitrogen and oxygen atoms in total. The molecule has 6 heteroatoms. The Morgan fingerprint density at radius 1 is 0.850 bits per heavy atom. The number of aromatic nitrogens is 4. The van der Waals surface area contributed by atoms with Crippen LogP contribution in [-0.4, -0.2) is 20.7 Å². The molecule has 8 bridgehead atoms. The van der Waals surface area contributed by atoms with Crippen LogP contribution in [0.3, 0.4) is 0 Å². The number of fused-ring (bicyclic) bond motifs is 8. The number of benzene rings is 1. The number of ketones is 1. The summed E-state index contributed by atoms with van der Waals surface area (Å²) in [7, 11) is 0. The second kappa shape index (κ2) is 10.1. The summed E-state index contributed by atoms with van der Waals surface area (Å²) in [5, 5.41) is 0. The molecule has 6 rings (SSSR count). The Morgan fingerprint density at radius 2 is 1.57 bits per heavy atom. The third-order valence-corrected chi connectivity index (χ3v) is 8.17. The summed E-state index contributed by atoms with van der Waals surface area (Å²) in [6.45, 7) is 14.6. The first kappa shape index (κ1) is 27.9. The van der Waals surface area contributed by atoms with Crippen molar-refractivity contribution in [1.29, 1.82) is 0 Å². The molecule has 0 unspecified atom stereocenters. The monoisotopic (exact) mass is 577 g/mol. The number of nitrogens with one attached hydrogen (secondary N) is 1. The van der Waals surface area contributed by atoms with E-state index in [-0.39, 0.29) is 30.7 Å². The normalized spacial score (nSPS) is 13.8. The first-order chi connectivity index (χ1) is 18.5. The molecular formula is C34H33N4OZn+. The van der Waals surface area contributed by atoms with E-state index < -0.39 is 0 Å². The van der Waals surface area contributed by atoms with Crippen LogP contribution in [0.25, 0.3) is 45.3 Å². The molecule has 40 heavy (non-hydrogen) atoms. The van der Waals surface area contributed by atoms with Gasteiger partial charge in [0, 0.05) is 39.8 Å². The smallest absolute Gasteiger partial charge is 0.657 e. The summed E-state index contributed by atoms with van der Waals surface area (Å²) < 4.78 is 0. The minimum absolute atomic E-state index is 0. The zero-order valence-corrected chi connectivity index (χ0v) is 27.3. The van der Waals surface area contributed by atoms with E-state index in [2.05, 4.69) is 82.9 Å². The topological polar surface area (TPSA) is 72.7 Å². The van der Waals surface area contributed by atoms with Gasteiger partial charge >= 0.3 is 19.5 Å². The maximum Gasteiger partial charge on any atom is 2.00 e. The van der Waals surface area contributed by atoms with Gasteiger partial charge in [-0.3, -0.25) is 9.78 Å². The Hall–Kier alpha value is -3.63. The van der Waals surface area contributed by atoms with Crippen LogP contribution in [0.5, 0.6) is 0 Å². The van der Waals surface area contributed by atoms with Gasteiger partial charge in [-0.05, 0) is 104 Å². The van der Waals surface area contributed by atoms with Gasteiger partial charge in [-0.1, -0.05) is 32.0 Å². The molecule has 0 spiro atoms. The van der Waals surface area contributed by atoms with Crippen LogP contribution < -0.4 is 4.98 Å². The molecule has 2 aliphatic rings. The Kier molecular flexibility index (Phi) is 7.04. The molecule has 1 aromatic carbocycles. The molecule has 0 saturated carbocycles. The number of carbonyl (C=O) groups is 1. The molecule has 0 saturated heterocycles. The number of Topliss-reactive ketones (excluding diaryl/α,β-unsaturated/α-hetero) is 1. The van der Waals surface area contributed by atoms with Crippen molar-refractivity contribution in [2.45, 2.75) is 60.3 Å². The van der Waals surface area contributed by atoms with Crippen LogP contribution in [0, 0.1) is 27.7 Å². The molecule has 3 aromatic heterocycles. The molecule has 0 aliphatic carbocycles. The van der Waals surface area contributed by atoms with E-state index in [9.17, 15) is 4.79 Å². The van der Waals surface area contributed by atoms with E-state index in [1.54, 1.807) is 6.92 Å². The van der Waals surface area contributed by atoms with Crippen molar-refractivity contribution < 1.29 is 24.3 Å². The number of aryl methyl sites for hydroxylation is 2. The van der Waals surface area contributed by atoms with E-state index in [1.165, 1.54) is 16.7 Å². The number of carbonyl (C=O) groups excluding carboxylic acids is 1. The number of nitrogens with zero attached hydrogens (tertiary/aromatic N) is 3. The molecule has 0 atom stereocenters. The van der Waals surface area contributed by atoms with Crippen LogP contribution in [0.1, 0.15) is 76.2 Å². The number of aromatic amines is 1. The quantitative estimate of drug-likeness (QED) is 0.172. The summed E-state index contributed by atoms with van der Waals surface area (Å²) in [6.07, 6.45) is 4.87. The zero-order chi connectivity index (χ0) is 27.6. The summed E-state index contributed by atoms with van der Waals surface area (Å²) in [5.41, 5.74) is 14.5. The van der Waals surface area contributed by atoms with Crippen molar-refractivity contribution in [1.82, 2.24) is 19.9 Å². The van der Waals surface area contributed by atoms with Gasteiger partial charge in [-0.15, -0.1) is 11.0 Å². The minimum atomic E-state index is -0.132. The molecule has 2 aliphatic heterocycles. The molecule has 4 aromatic rings. The van der Waals surface area contributed by atoms with Gasteiger partial charge in [0.1, 0.15) is 0 Å². The number of rotatable bonds is 2. The van der Waals surface area contributed by atoms with Gasteiger partial charge in [0.25, 0.3) is 0 Å². The third-order valence-electron chi connectivity index (χ3n) is 8.17. The Morgan fingerprint density at radius 3 is 2.30 bits per heavy atom. The van der Waals surface area contributed by atoms with Crippen LogP contribution in [-0.2, 0) is 31.3 Å². The van der Waals surface area contributed by atoms with Gasteiger partial charge in [-0.25, -0.2) is 4.98 Å². The number of hydrogen-bond donors (Lipinski definition) is 1. The van der Waals surface area contributed by atoms with Gasteiger partial charge in [0.2, 0.25) is 0 Å². The summed E-state index contributed by atoms with van der Waals surface area (Å²) >= 11 is 0. The first-order valence-electron chi connectivity index (χ1n) is 13.5. The van der Waals surface area contributed by atoms with Gasteiger partial charge < -0.3 is 9.97 Å². The second-order valence-electron chi connectivity index (χ2n) is 11.6. The van der Waals surface area contributed by atoms with Gasteiger partial charge in [0.05, 0.1) is 11.4 Å². The SMILES string of the molecule is CC(=O)c1cc2[n-]c1cc1nc(cc3ccc(cc4nc(c2-c2c(C)cc(C)c(C)c2C)C=C4)[nH]3)C(C)(C)C1.[Zn+2]. The molecule has 5 heterocycles. The Labute approximate surface area is 248 Å². The predicted octanol–water partition coefficient (Wildman–Crippen LogP) is 7.74. The van der Waals surface area contributed by atoms with Crippen LogP contribution in [0.2, 0.25) is 0 Å². The Bertz CT molecular complexity index is 1890. The van der Waals surface area contributed by atoms with Gasteiger partial charge in [-0.2, -0.15) is 0 Å². The van der Waals surface area contributed by atoms with E-state index >= 15 is 0 Å². The van der Waals surface area contributed by atoms with Crippen molar-refractivity contribution in [2.75, 3.05) is 0 Å². The fraction of sp³-hybridized carbons (Fsp3) is 0.265. The predicted molar refractivity (Wildman–Crippen MR) is 160 cm³/mol. The van der Waals surface area contributed by atoms with E-state index in [0.29, 0.717) is 11.1 Å².